The summed E-state index contributed by atoms with van der Waals surface area (Å²) in [6, 6.07) is 5.81. The number of hydrogen-bond donors (Lipinski definition) is 1. The largest absolute Gasteiger partial charge is 0.496 e. The van der Waals surface area contributed by atoms with E-state index in [0.717, 1.165) is 11.0 Å². The van der Waals surface area contributed by atoms with Gasteiger partial charge in [-0.15, -0.1) is 0 Å². The van der Waals surface area contributed by atoms with Crippen molar-refractivity contribution in [1.29, 1.82) is 0 Å². The van der Waals surface area contributed by atoms with Gasteiger partial charge in [-0.2, -0.15) is 0 Å². The lowest BCUT2D eigenvalue weighted by Crippen LogP contribution is -2.41. The van der Waals surface area contributed by atoms with Gasteiger partial charge in [0.05, 0.1) is 17.8 Å². The SMILES string of the molecule is COCc1ccc(N)c(B2OC(C)(C)C(C)(C)O2)c1. The molecule has 0 spiro atoms. The highest BCUT2D eigenvalue weighted by molar-refractivity contribution is 6.63. The maximum absolute atomic E-state index is 6.04. The van der Waals surface area contributed by atoms with Crippen LogP contribution < -0.4 is 11.2 Å². The monoisotopic (exact) mass is 263 g/mol. The molecular formula is C14H22BNO3. The summed E-state index contributed by atoms with van der Waals surface area (Å²) in [4.78, 5) is 0. The van der Waals surface area contributed by atoms with E-state index in [4.69, 9.17) is 19.8 Å². The summed E-state index contributed by atoms with van der Waals surface area (Å²) in [5.74, 6) is 0. The average Bonchev–Trinajstić information content (AvgIpc) is 2.51. The third kappa shape index (κ3) is 2.64. The summed E-state index contributed by atoms with van der Waals surface area (Å²) >= 11 is 0. The first-order valence-corrected chi connectivity index (χ1v) is 6.50. The minimum atomic E-state index is -0.429. The summed E-state index contributed by atoms with van der Waals surface area (Å²) in [7, 11) is 1.24. The van der Waals surface area contributed by atoms with E-state index in [1.807, 2.05) is 45.9 Å². The van der Waals surface area contributed by atoms with Gasteiger partial charge in [0, 0.05) is 18.3 Å². The van der Waals surface area contributed by atoms with Crippen molar-refractivity contribution in [3.05, 3.63) is 23.8 Å². The summed E-state index contributed by atoms with van der Waals surface area (Å²) in [5.41, 5.74) is 7.93. The van der Waals surface area contributed by atoms with Crippen LogP contribution in [0, 0.1) is 0 Å². The molecule has 0 radical (unpaired) electrons. The smallest absolute Gasteiger partial charge is 0.399 e. The third-order valence-corrected chi connectivity index (χ3v) is 3.97. The number of nitrogens with two attached hydrogens (primary N) is 1. The number of methoxy groups -OCH3 is 1. The Labute approximate surface area is 115 Å². The van der Waals surface area contributed by atoms with Crippen LogP contribution in [0.15, 0.2) is 18.2 Å². The molecule has 104 valence electrons. The Morgan fingerprint density at radius 3 is 2.26 bits per heavy atom. The highest BCUT2D eigenvalue weighted by Crippen LogP contribution is 2.36. The molecule has 2 N–H and O–H groups in total. The molecule has 4 nitrogen and oxygen atoms in total. The van der Waals surface area contributed by atoms with Crippen molar-refractivity contribution in [3.8, 4) is 0 Å². The lowest BCUT2D eigenvalue weighted by molar-refractivity contribution is 0.00578. The molecule has 19 heavy (non-hydrogen) atoms. The number of anilines is 1. The summed E-state index contributed by atoms with van der Waals surface area (Å²) in [6.07, 6.45) is 0. The number of hydrogen-bond acceptors (Lipinski definition) is 4. The Morgan fingerprint density at radius 1 is 1.16 bits per heavy atom. The predicted octanol–water partition coefficient (Wildman–Crippen LogP) is 1.71. The van der Waals surface area contributed by atoms with E-state index in [9.17, 15) is 0 Å². The molecule has 1 saturated heterocycles. The lowest BCUT2D eigenvalue weighted by atomic mass is 9.77. The molecule has 0 aliphatic carbocycles. The second-order valence-corrected chi connectivity index (χ2v) is 5.98. The lowest BCUT2D eigenvalue weighted by Gasteiger charge is -2.32. The normalized spacial score (nSPS) is 20.8. The number of rotatable bonds is 3. The van der Waals surface area contributed by atoms with Gasteiger partial charge < -0.3 is 19.8 Å². The van der Waals surface area contributed by atoms with Crippen molar-refractivity contribution in [3.63, 3.8) is 0 Å². The molecule has 1 aromatic rings. The number of benzene rings is 1. The Bertz CT molecular complexity index is 458. The molecular weight excluding hydrogens is 241 g/mol. The Kier molecular flexibility index (Phi) is 3.64. The van der Waals surface area contributed by atoms with Gasteiger partial charge >= 0.3 is 7.12 Å². The van der Waals surface area contributed by atoms with Crippen LogP contribution in [-0.4, -0.2) is 25.4 Å². The van der Waals surface area contributed by atoms with Crippen LogP contribution in [0.25, 0.3) is 0 Å². The third-order valence-electron chi connectivity index (χ3n) is 3.97. The molecule has 1 aromatic carbocycles. The van der Waals surface area contributed by atoms with Gasteiger partial charge in [0.25, 0.3) is 0 Å². The van der Waals surface area contributed by atoms with Crippen molar-refractivity contribution < 1.29 is 14.0 Å². The van der Waals surface area contributed by atoms with E-state index < -0.39 is 7.12 Å². The molecule has 1 aliphatic rings. The van der Waals surface area contributed by atoms with E-state index in [0.29, 0.717) is 12.3 Å². The van der Waals surface area contributed by atoms with E-state index in [1.54, 1.807) is 7.11 Å². The molecule has 0 aromatic heterocycles. The molecule has 0 unspecified atom stereocenters. The molecule has 2 rings (SSSR count). The quantitative estimate of drug-likeness (QED) is 0.666. The fraction of sp³-hybridized carbons (Fsp3) is 0.571. The average molecular weight is 263 g/mol. The van der Waals surface area contributed by atoms with Crippen molar-refractivity contribution in [2.75, 3.05) is 12.8 Å². The van der Waals surface area contributed by atoms with Gasteiger partial charge in [0.1, 0.15) is 0 Å². The van der Waals surface area contributed by atoms with Crippen LogP contribution in [0.4, 0.5) is 5.69 Å². The first-order valence-electron chi connectivity index (χ1n) is 6.50. The van der Waals surface area contributed by atoms with Gasteiger partial charge in [0.15, 0.2) is 0 Å². The molecule has 0 saturated carbocycles. The molecule has 0 bridgehead atoms. The van der Waals surface area contributed by atoms with E-state index in [1.165, 1.54) is 0 Å². The Hall–Kier alpha value is -1.04. The van der Waals surface area contributed by atoms with Crippen molar-refractivity contribution >= 4 is 18.3 Å². The van der Waals surface area contributed by atoms with Crippen molar-refractivity contribution in [1.82, 2.24) is 0 Å². The zero-order valence-corrected chi connectivity index (χ0v) is 12.3. The van der Waals surface area contributed by atoms with E-state index in [2.05, 4.69) is 0 Å². The fourth-order valence-corrected chi connectivity index (χ4v) is 2.05. The van der Waals surface area contributed by atoms with Crippen LogP contribution in [0.3, 0.4) is 0 Å². The van der Waals surface area contributed by atoms with Crippen molar-refractivity contribution in [2.24, 2.45) is 0 Å². The second-order valence-electron chi connectivity index (χ2n) is 5.98. The van der Waals surface area contributed by atoms with Gasteiger partial charge in [-0.1, -0.05) is 12.1 Å². The highest BCUT2D eigenvalue weighted by atomic mass is 16.7. The first kappa shape index (κ1) is 14.4. The molecule has 1 aliphatic heterocycles. The number of ether oxygens (including phenoxy) is 1. The molecule has 0 atom stereocenters. The Balaban J connectivity index is 2.31. The molecule has 1 fully saturated rings. The summed E-state index contributed by atoms with van der Waals surface area (Å²) < 4.78 is 17.2. The minimum Gasteiger partial charge on any atom is -0.399 e. The number of nitrogen functional groups attached to an aromatic ring is 1. The fourth-order valence-electron chi connectivity index (χ4n) is 2.05. The predicted molar refractivity (Wildman–Crippen MR) is 77.3 cm³/mol. The van der Waals surface area contributed by atoms with Crippen molar-refractivity contribution in [2.45, 2.75) is 45.5 Å². The van der Waals surface area contributed by atoms with E-state index >= 15 is 0 Å². The first-order chi connectivity index (χ1) is 8.77. The second kappa shape index (κ2) is 4.82. The van der Waals surface area contributed by atoms with Crippen LogP contribution in [0.1, 0.15) is 33.3 Å². The van der Waals surface area contributed by atoms with Crippen LogP contribution in [0.2, 0.25) is 0 Å². The summed E-state index contributed by atoms with van der Waals surface area (Å²) in [5, 5.41) is 0. The van der Waals surface area contributed by atoms with Crippen LogP contribution >= 0.6 is 0 Å². The van der Waals surface area contributed by atoms with Crippen LogP contribution in [0.5, 0.6) is 0 Å². The maximum atomic E-state index is 6.04. The zero-order valence-electron chi connectivity index (χ0n) is 12.3. The highest BCUT2D eigenvalue weighted by Gasteiger charge is 2.52. The molecule has 1 heterocycles. The maximum Gasteiger partial charge on any atom is 0.496 e. The minimum absolute atomic E-state index is 0.360. The van der Waals surface area contributed by atoms with Gasteiger partial charge in [-0.25, -0.2) is 0 Å². The standard InChI is InChI=1S/C14H22BNO3/c1-13(2)14(3,4)19-15(18-13)11-8-10(9-17-5)6-7-12(11)16/h6-8H,9,16H2,1-5H3. The zero-order chi connectivity index (χ0) is 14.3. The van der Waals surface area contributed by atoms with Crippen LogP contribution in [-0.2, 0) is 20.7 Å². The summed E-state index contributed by atoms with van der Waals surface area (Å²) in [6.45, 7) is 8.67. The van der Waals surface area contributed by atoms with Gasteiger partial charge in [0.2, 0.25) is 0 Å². The van der Waals surface area contributed by atoms with Gasteiger partial charge in [-0.05, 0) is 39.3 Å². The molecule has 5 heteroatoms. The Morgan fingerprint density at radius 2 is 1.74 bits per heavy atom. The van der Waals surface area contributed by atoms with E-state index in [-0.39, 0.29) is 11.2 Å². The van der Waals surface area contributed by atoms with Gasteiger partial charge in [-0.3, -0.25) is 0 Å². The molecule has 0 amide bonds. The topological polar surface area (TPSA) is 53.7 Å².